The molecular formula is C25H27N3O6. The molecule has 1 aromatic heterocycles. The van der Waals surface area contributed by atoms with Gasteiger partial charge in [0.25, 0.3) is 11.8 Å². The van der Waals surface area contributed by atoms with E-state index >= 15 is 0 Å². The second-order valence-electron chi connectivity index (χ2n) is 8.95. The van der Waals surface area contributed by atoms with Gasteiger partial charge in [0.05, 0.1) is 19.9 Å². The van der Waals surface area contributed by atoms with Crippen LogP contribution in [0.4, 0.5) is 5.69 Å². The molecule has 2 unspecified atom stereocenters. The lowest BCUT2D eigenvalue weighted by Crippen LogP contribution is -2.39. The monoisotopic (exact) mass is 465 g/mol. The summed E-state index contributed by atoms with van der Waals surface area (Å²) in [5.41, 5.74) is 1.95. The Labute approximate surface area is 197 Å². The van der Waals surface area contributed by atoms with Crippen LogP contribution in [-0.2, 0) is 20.9 Å². The first-order chi connectivity index (χ1) is 16.4. The Morgan fingerprint density at radius 3 is 2.71 bits per heavy atom. The van der Waals surface area contributed by atoms with Crippen LogP contribution in [0.3, 0.4) is 0 Å². The second kappa shape index (κ2) is 8.96. The molecule has 0 spiro atoms. The highest BCUT2D eigenvalue weighted by Crippen LogP contribution is 2.32. The van der Waals surface area contributed by atoms with Crippen LogP contribution in [0.1, 0.15) is 42.1 Å². The topological polar surface area (TPSA) is 98.3 Å². The van der Waals surface area contributed by atoms with Gasteiger partial charge < -0.3 is 24.0 Å². The number of esters is 1. The van der Waals surface area contributed by atoms with Crippen molar-refractivity contribution in [1.29, 1.82) is 0 Å². The van der Waals surface area contributed by atoms with Gasteiger partial charge in [0.2, 0.25) is 5.88 Å². The van der Waals surface area contributed by atoms with Gasteiger partial charge in [-0.2, -0.15) is 0 Å². The fraction of sp³-hybridized carbons (Fsp3) is 0.440. The third-order valence-electron chi connectivity index (χ3n) is 6.55. The lowest BCUT2D eigenvalue weighted by Gasteiger charge is -2.21. The highest BCUT2D eigenvalue weighted by Gasteiger charge is 2.38. The highest BCUT2D eigenvalue weighted by molar-refractivity contribution is 6.04. The summed E-state index contributed by atoms with van der Waals surface area (Å²) in [6.07, 6.45) is 3.90. The largest absolute Gasteiger partial charge is 0.479 e. The molecule has 178 valence electrons. The quantitative estimate of drug-likeness (QED) is 0.553. The Hall–Kier alpha value is -3.62. The van der Waals surface area contributed by atoms with Gasteiger partial charge in [-0.3, -0.25) is 9.59 Å². The van der Waals surface area contributed by atoms with E-state index in [1.165, 1.54) is 24.9 Å². The molecule has 9 heteroatoms. The number of hydrogen-bond donors (Lipinski definition) is 0. The molecule has 0 bridgehead atoms. The van der Waals surface area contributed by atoms with Crippen LogP contribution in [0.5, 0.6) is 11.6 Å². The number of methoxy groups -OCH3 is 1. The van der Waals surface area contributed by atoms with Crippen molar-refractivity contribution in [2.75, 3.05) is 25.2 Å². The van der Waals surface area contributed by atoms with Crippen LogP contribution >= 0.6 is 0 Å². The van der Waals surface area contributed by atoms with Crippen LogP contribution in [-0.4, -0.2) is 60.1 Å². The molecule has 2 amide bonds. The van der Waals surface area contributed by atoms with E-state index in [0.29, 0.717) is 54.9 Å². The van der Waals surface area contributed by atoms with E-state index in [1.54, 1.807) is 36.2 Å². The Balaban J connectivity index is 1.23. The first-order valence-corrected chi connectivity index (χ1v) is 11.5. The molecule has 3 aliphatic rings. The minimum absolute atomic E-state index is 0.167. The number of rotatable bonds is 8. The molecule has 1 aromatic carbocycles. The number of hydrogen-bond acceptors (Lipinski definition) is 7. The minimum Gasteiger partial charge on any atom is -0.479 e. The average molecular weight is 466 g/mol. The summed E-state index contributed by atoms with van der Waals surface area (Å²) in [5, 5.41) is 0. The molecular weight excluding hydrogens is 438 g/mol. The predicted octanol–water partition coefficient (Wildman–Crippen LogP) is 2.57. The molecule has 2 atom stereocenters. The summed E-state index contributed by atoms with van der Waals surface area (Å²) < 4.78 is 16.3. The van der Waals surface area contributed by atoms with E-state index in [-0.39, 0.29) is 11.8 Å². The van der Waals surface area contributed by atoms with Gasteiger partial charge in [-0.25, -0.2) is 9.78 Å². The summed E-state index contributed by atoms with van der Waals surface area (Å²) in [6, 6.07) is 8.21. The van der Waals surface area contributed by atoms with Crippen molar-refractivity contribution < 1.29 is 28.6 Å². The lowest BCUT2D eigenvalue weighted by molar-refractivity contribution is -0.145. The van der Waals surface area contributed by atoms with Crippen molar-refractivity contribution in [3.05, 3.63) is 47.7 Å². The number of nitrogens with zero attached hydrogens (tertiary/aromatic N) is 3. The molecule has 1 saturated carbocycles. The number of carbonyl (C=O) groups is 3. The number of pyridine rings is 1. The minimum atomic E-state index is -0.682. The van der Waals surface area contributed by atoms with Crippen LogP contribution in [0.25, 0.3) is 0 Å². The van der Waals surface area contributed by atoms with Gasteiger partial charge in [0.1, 0.15) is 11.8 Å². The van der Waals surface area contributed by atoms with Crippen molar-refractivity contribution in [2.45, 2.75) is 44.9 Å². The molecule has 1 aliphatic carbocycles. The molecule has 9 nitrogen and oxygen atoms in total. The maximum atomic E-state index is 13.0. The number of anilines is 1. The highest BCUT2D eigenvalue weighted by atomic mass is 16.5. The van der Waals surface area contributed by atoms with Gasteiger partial charge in [0, 0.05) is 36.8 Å². The Kier molecular flexibility index (Phi) is 5.85. The Morgan fingerprint density at radius 1 is 1.18 bits per heavy atom. The molecule has 0 radical (unpaired) electrons. The SMILES string of the molecule is COC(=O)C(C)N1Cc2ccc(N3CCC(Oc4ccc(OCC5CC5)nc4)C3=O)cc2C1=O. The first kappa shape index (κ1) is 22.2. The normalized spacial score (nSPS) is 20.4. The fourth-order valence-corrected chi connectivity index (χ4v) is 4.28. The predicted molar refractivity (Wildman–Crippen MR) is 122 cm³/mol. The number of amides is 2. The van der Waals surface area contributed by atoms with Crippen LogP contribution in [0.2, 0.25) is 0 Å². The third-order valence-corrected chi connectivity index (χ3v) is 6.55. The Morgan fingerprint density at radius 2 is 2.00 bits per heavy atom. The van der Waals surface area contributed by atoms with Crippen molar-refractivity contribution in [3.8, 4) is 11.6 Å². The van der Waals surface area contributed by atoms with Crippen molar-refractivity contribution in [1.82, 2.24) is 9.88 Å². The zero-order valence-corrected chi connectivity index (χ0v) is 19.2. The van der Waals surface area contributed by atoms with E-state index in [0.717, 1.165) is 5.56 Å². The van der Waals surface area contributed by atoms with Crippen molar-refractivity contribution in [2.24, 2.45) is 5.92 Å². The maximum absolute atomic E-state index is 13.0. The summed E-state index contributed by atoms with van der Waals surface area (Å²) in [6.45, 7) is 3.14. The molecule has 1 saturated heterocycles. The van der Waals surface area contributed by atoms with Gasteiger partial charge in [0.15, 0.2) is 6.10 Å². The average Bonchev–Trinajstić information content (AvgIpc) is 3.55. The van der Waals surface area contributed by atoms with E-state index in [4.69, 9.17) is 14.2 Å². The van der Waals surface area contributed by atoms with E-state index < -0.39 is 18.1 Å². The smallest absolute Gasteiger partial charge is 0.328 e. The number of ether oxygens (including phenoxy) is 3. The molecule has 0 N–H and O–H groups in total. The number of aromatic nitrogens is 1. The summed E-state index contributed by atoms with van der Waals surface area (Å²) >= 11 is 0. The zero-order valence-electron chi connectivity index (χ0n) is 19.2. The molecule has 5 rings (SSSR count). The van der Waals surface area contributed by atoms with Gasteiger partial charge in [-0.15, -0.1) is 0 Å². The van der Waals surface area contributed by atoms with E-state index in [9.17, 15) is 14.4 Å². The van der Waals surface area contributed by atoms with Gasteiger partial charge in [-0.05, 0) is 49.4 Å². The third kappa shape index (κ3) is 4.30. The number of fused-ring (bicyclic) bond motifs is 1. The Bertz CT molecular complexity index is 1110. The number of carbonyl (C=O) groups excluding carboxylic acids is 3. The standard InChI is InChI=1S/C25H27N3O6/c1-15(25(31)32-2)28-13-17-5-6-18(11-20(17)23(28)29)27-10-9-21(24(27)30)34-19-7-8-22(26-12-19)33-14-16-3-4-16/h5-8,11-12,15-16,21H,3-4,9-10,13-14H2,1-2H3. The zero-order chi connectivity index (χ0) is 23.8. The van der Waals surface area contributed by atoms with Crippen LogP contribution in [0.15, 0.2) is 36.5 Å². The maximum Gasteiger partial charge on any atom is 0.328 e. The van der Waals surface area contributed by atoms with Crippen LogP contribution in [0, 0.1) is 5.92 Å². The fourth-order valence-electron chi connectivity index (χ4n) is 4.28. The molecule has 2 fully saturated rings. The summed E-state index contributed by atoms with van der Waals surface area (Å²) in [7, 11) is 1.30. The molecule has 2 aromatic rings. The molecule has 3 heterocycles. The second-order valence-corrected chi connectivity index (χ2v) is 8.95. The van der Waals surface area contributed by atoms with E-state index in [2.05, 4.69) is 4.98 Å². The first-order valence-electron chi connectivity index (χ1n) is 11.5. The number of benzene rings is 1. The summed E-state index contributed by atoms with van der Waals surface area (Å²) in [4.78, 5) is 45.2. The van der Waals surface area contributed by atoms with Crippen LogP contribution < -0.4 is 14.4 Å². The van der Waals surface area contributed by atoms with Crippen molar-refractivity contribution >= 4 is 23.5 Å². The van der Waals surface area contributed by atoms with Gasteiger partial charge in [-0.1, -0.05) is 6.07 Å². The van der Waals surface area contributed by atoms with Crippen molar-refractivity contribution in [3.63, 3.8) is 0 Å². The summed E-state index contributed by atoms with van der Waals surface area (Å²) in [5.74, 6) is 0.831. The lowest BCUT2D eigenvalue weighted by atomic mass is 10.1. The molecule has 34 heavy (non-hydrogen) atoms. The van der Waals surface area contributed by atoms with Gasteiger partial charge >= 0.3 is 5.97 Å². The molecule has 2 aliphatic heterocycles. The van der Waals surface area contributed by atoms with E-state index in [1.807, 2.05) is 12.1 Å².